The van der Waals surface area contributed by atoms with Crippen LogP contribution in [0.25, 0.3) is 0 Å². The van der Waals surface area contributed by atoms with Crippen molar-refractivity contribution in [1.82, 2.24) is 0 Å². The van der Waals surface area contributed by atoms with E-state index in [0.717, 1.165) is 6.61 Å². The van der Waals surface area contributed by atoms with E-state index in [-0.39, 0.29) is 9.76 Å². The lowest BCUT2D eigenvalue weighted by atomic mass is 10.0. The van der Waals surface area contributed by atoms with Gasteiger partial charge in [0.15, 0.2) is 9.76 Å². The normalized spacial score (nSPS) is 12.1. The first-order chi connectivity index (χ1) is 10.9. The molecule has 22 heavy (non-hydrogen) atoms. The van der Waals surface area contributed by atoms with Gasteiger partial charge in [0, 0.05) is 6.61 Å². The molecule has 0 fully saturated rings. The molecule has 0 radical (unpaired) electrons. The zero-order valence-corrected chi connectivity index (χ0v) is 17.0. The molecule has 0 aromatic carbocycles. The van der Waals surface area contributed by atoms with Gasteiger partial charge in [-0.05, 0) is 19.8 Å². The first kappa shape index (κ1) is 21.9. The molecular weight excluding hydrogens is 284 g/mol. The summed E-state index contributed by atoms with van der Waals surface area (Å²) in [7, 11) is -0.334. The average Bonchev–Trinajstić information content (AvgIpc) is 2.54. The Kier molecular flexibility index (Phi) is 20.8. The fraction of sp³-hybridized carbons (Fsp3) is 0.900. The van der Waals surface area contributed by atoms with Crippen LogP contribution in [0.2, 0.25) is 0 Å². The Labute approximate surface area is 143 Å². The molecule has 0 spiro atoms. The Bertz CT molecular complexity index is 216. The highest BCUT2D eigenvalue weighted by Gasteiger charge is 1.93. The second-order valence-electron chi connectivity index (χ2n) is 6.52. The lowest BCUT2D eigenvalue weighted by molar-refractivity contribution is 0.366. The largest absolute Gasteiger partial charge is 0.419 e. The quantitative estimate of drug-likeness (QED) is 0.206. The maximum atomic E-state index is 5.41. The van der Waals surface area contributed by atoms with Crippen molar-refractivity contribution in [1.29, 1.82) is 0 Å². The molecule has 1 nitrogen and oxygen atoms in total. The lowest BCUT2D eigenvalue weighted by Crippen LogP contribution is -1.92. The van der Waals surface area contributed by atoms with Crippen LogP contribution in [0.3, 0.4) is 0 Å². The van der Waals surface area contributed by atoms with Crippen molar-refractivity contribution in [3.8, 4) is 0 Å². The molecule has 0 rings (SSSR count). The summed E-state index contributed by atoms with van der Waals surface area (Å²) in [5.74, 6) is 0. The summed E-state index contributed by atoms with van der Waals surface area (Å²) in [4.78, 5) is 0. The molecule has 0 saturated heterocycles. The van der Waals surface area contributed by atoms with Gasteiger partial charge in [-0.1, -0.05) is 102 Å². The predicted octanol–water partition coefficient (Wildman–Crippen LogP) is 6.49. The molecule has 0 aliphatic carbocycles. The molecule has 0 aliphatic heterocycles. The highest BCUT2D eigenvalue weighted by atomic mass is 28.2. The van der Waals surface area contributed by atoms with Crippen LogP contribution in [-0.2, 0) is 4.43 Å². The van der Waals surface area contributed by atoms with Crippen LogP contribution >= 0.6 is 0 Å². The van der Waals surface area contributed by atoms with E-state index in [4.69, 9.17) is 4.43 Å². The molecule has 2 heteroatoms. The van der Waals surface area contributed by atoms with Gasteiger partial charge < -0.3 is 4.43 Å². The third-order valence-corrected chi connectivity index (χ3v) is 5.48. The van der Waals surface area contributed by atoms with E-state index in [1.54, 1.807) is 0 Å². The average molecular weight is 327 g/mol. The highest BCUT2D eigenvalue weighted by Crippen LogP contribution is 2.13. The smallest absolute Gasteiger partial charge is 0.184 e. The first-order valence-corrected chi connectivity index (χ1v) is 11.5. The maximum absolute atomic E-state index is 5.41. The zero-order chi connectivity index (χ0) is 16.1. The molecule has 0 heterocycles. The molecule has 0 unspecified atom stereocenters. The minimum Gasteiger partial charge on any atom is -0.419 e. The van der Waals surface area contributed by atoms with Crippen molar-refractivity contribution < 1.29 is 4.43 Å². The van der Waals surface area contributed by atoms with Crippen molar-refractivity contribution >= 4 is 9.76 Å². The number of unbranched alkanes of at least 4 members (excludes halogenated alkanes) is 14. The lowest BCUT2D eigenvalue weighted by Gasteiger charge is -2.02. The van der Waals surface area contributed by atoms with Crippen molar-refractivity contribution in [3.63, 3.8) is 0 Å². The number of allylic oxidation sites excluding steroid dienone is 1. The van der Waals surface area contributed by atoms with Crippen LogP contribution in [0, 0.1) is 0 Å². The molecule has 0 aromatic heterocycles. The molecule has 0 N–H and O–H groups in total. The minimum atomic E-state index is -0.334. The summed E-state index contributed by atoms with van der Waals surface area (Å²) >= 11 is 0. The van der Waals surface area contributed by atoms with Gasteiger partial charge in [-0.25, -0.2) is 0 Å². The molecule has 0 atom stereocenters. The monoisotopic (exact) mass is 326 g/mol. The summed E-state index contributed by atoms with van der Waals surface area (Å²) in [5.41, 5.74) is 2.30. The van der Waals surface area contributed by atoms with Gasteiger partial charge in [-0.2, -0.15) is 0 Å². The Balaban J connectivity index is 2.98. The van der Waals surface area contributed by atoms with E-state index in [0.29, 0.717) is 0 Å². The van der Waals surface area contributed by atoms with E-state index in [9.17, 15) is 0 Å². The van der Waals surface area contributed by atoms with Crippen LogP contribution < -0.4 is 0 Å². The first-order valence-electron chi connectivity index (χ1n) is 10.1. The fourth-order valence-corrected chi connectivity index (χ4v) is 3.57. The predicted molar refractivity (Wildman–Crippen MR) is 104 cm³/mol. The van der Waals surface area contributed by atoms with Gasteiger partial charge in [0.1, 0.15) is 0 Å². The number of rotatable bonds is 18. The van der Waals surface area contributed by atoms with E-state index in [1.165, 1.54) is 96.3 Å². The summed E-state index contributed by atoms with van der Waals surface area (Å²) in [5, 5.41) is 0. The molecule has 0 bridgehead atoms. The second-order valence-corrected chi connectivity index (χ2v) is 7.73. The number of hydrogen-bond acceptors (Lipinski definition) is 1. The van der Waals surface area contributed by atoms with Crippen molar-refractivity contribution in [2.75, 3.05) is 6.61 Å². The van der Waals surface area contributed by atoms with E-state index < -0.39 is 0 Å². The molecular formula is C20H42OSi. The van der Waals surface area contributed by atoms with Gasteiger partial charge in [0.05, 0.1) is 0 Å². The number of hydrogen-bond donors (Lipinski definition) is 0. The van der Waals surface area contributed by atoms with E-state index >= 15 is 0 Å². The van der Waals surface area contributed by atoms with Crippen LogP contribution in [0.15, 0.2) is 11.8 Å². The van der Waals surface area contributed by atoms with Crippen LogP contribution in [0.1, 0.15) is 110 Å². The zero-order valence-electron chi connectivity index (χ0n) is 15.6. The maximum Gasteiger partial charge on any atom is 0.184 e. The van der Waals surface area contributed by atoms with Gasteiger partial charge in [0.2, 0.25) is 0 Å². The van der Waals surface area contributed by atoms with E-state index in [1.807, 2.05) is 0 Å². The van der Waals surface area contributed by atoms with E-state index in [2.05, 4.69) is 25.6 Å². The molecule has 132 valence electrons. The summed E-state index contributed by atoms with van der Waals surface area (Å²) in [6, 6.07) is 0. The second kappa shape index (κ2) is 20.9. The van der Waals surface area contributed by atoms with Crippen LogP contribution in [0.4, 0.5) is 0 Å². The molecule has 0 aromatic rings. The standard InChI is InChI=1S/C20H42OSi/c1-3-5-6-7-8-9-10-11-12-13-14-15-16-17-18-19-20-22-21-4-2/h19-20H,3-18,22H2,1-2H3. The summed E-state index contributed by atoms with van der Waals surface area (Å²) in [6.45, 7) is 5.25. The Morgan fingerprint density at radius 1 is 0.636 bits per heavy atom. The third kappa shape index (κ3) is 19.9. The van der Waals surface area contributed by atoms with Crippen molar-refractivity contribution in [2.24, 2.45) is 0 Å². The van der Waals surface area contributed by atoms with Gasteiger partial charge in [-0.15, -0.1) is 0 Å². The molecule has 0 amide bonds. The van der Waals surface area contributed by atoms with Crippen LogP contribution in [-0.4, -0.2) is 16.4 Å². The Hall–Kier alpha value is -0.0831. The summed E-state index contributed by atoms with van der Waals surface area (Å²) in [6.07, 6.45) is 23.8. The highest BCUT2D eigenvalue weighted by molar-refractivity contribution is 6.34. The Morgan fingerprint density at radius 2 is 1.09 bits per heavy atom. The molecule has 0 saturated carbocycles. The van der Waals surface area contributed by atoms with Crippen LogP contribution in [0.5, 0.6) is 0 Å². The minimum absolute atomic E-state index is 0.334. The van der Waals surface area contributed by atoms with Gasteiger partial charge >= 0.3 is 0 Å². The van der Waals surface area contributed by atoms with Gasteiger partial charge in [-0.3, -0.25) is 0 Å². The third-order valence-electron chi connectivity index (χ3n) is 4.31. The topological polar surface area (TPSA) is 9.23 Å². The Morgan fingerprint density at radius 3 is 1.55 bits per heavy atom. The molecule has 0 aliphatic rings. The van der Waals surface area contributed by atoms with Gasteiger partial charge in [0.25, 0.3) is 0 Å². The van der Waals surface area contributed by atoms with Crippen molar-refractivity contribution in [2.45, 2.75) is 110 Å². The fourth-order valence-electron chi connectivity index (χ4n) is 2.83. The van der Waals surface area contributed by atoms with Crippen molar-refractivity contribution in [3.05, 3.63) is 11.8 Å². The SMILES string of the molecule is CCCCCCCCCCCCCCCCC=C[SiH2]OCC. The summed E-state index contributed by atoms with van der Waals surface area (Å²) < 4.78 is 5.41.